The van der Waals surface area contributed by atoms with E-state index in [1.54, 1.807) is 24.3 Å². The number of hydrogen-bond donors (Lipinski definition) is 1. The van der Waals surface area contributed by atoms with Crippen molar-refractivity contribution in [3.8, 4) is 5.75 Å². The standard InChI is InChI=1S/C14H8N2O5/c17-14-11-4-2-1-3-9(11)10-6-5-8(15(18)19)7-12(10)13(14)16(20)21/h1-7,17H. The van der Waals surface area contributed by atoms with Gasteiger partial charge >= 0.3 is 5.69 Å². The van der Waals surface area contributed by atoms with Crippen LogP contribution in [0.2, 0.25) is 0 Å². The van der Waals surface area contributed by atoms with Crippen LogP contribution in [0.15, 0.2) is 42.5 Å². The Kier molecular flexibility index (Phi) is 2.69. The van der Waals surface area contributed by atoms with E-state index in [2.05, 4.69) is 0 Å². The van der Waals surface area contributed by atoms with E-state index in [1.165, 1.54) is 12.1 Å². The lowest BCUT2D eigenvalue weighted by molar-refractivity contribution is -0.386. The lowest BCUT2D eigenvalue weighted by atomic mass is 9.99. The average Bonchev–Trinajstić information content (AvgIpc) is 2.46. The molecule has 0 aromatic heterocycles. The fraction of sp³-hybridized carbons (Fsp3) is 0. The van der Waals surface area contributed by atoms with E-state index in [0.717, 1.165) is 6.07 Å². The SMILES string of the molecule is O=[N+]([O-])c1ccc2c(c1)c([N+](=O)[O-])c(O)c1ccccc12. The maximum absolute atomic E-state index is 11.2. The molecule has 0 aliphatic carbocycles. The number of phenols is 1. The molecule has 0 aliphatic heterocycles. The van der Waals surface area contributed by atoms with E-state index < -0.39 is 21.3 Å². The highest BCUT2D eigenvalue weighted by atomic mass is 16.6. The molecule has 0 radical (unpaired) electrons. The molecule has 7 nitrogen and oxygen atoms in total. The summed E-state index contributed by atoms with van der Waals surface area (Å²) in [5.41, 5.74) is -0.785. The number of nitro benzene ring substituents is 2. The number of benzene rings is 3. The predicted octanol–water partition coefficient (Wildman–Crippen LogP) is 3.52. The van der Waals surface area contributed by atoms with Crippen molar-refractivity contribution in [1.82, 2.24) is 0 Å². The number of rotatable bonds is 2. The van der Waals surface area contributed by atoms with Crippen LogP contribution in [0.25, 0.3) is 21.5 Å². The third kappa shape index (κ3) is 1.83. The Morgan fingerprint density at radius 1 is 0.810 bits per heavy atom. The van der Waals surface area contributed by atoms with Gasteiger partial charge in [-0.15, -0.1) is 0 Å². The second-order valence-electron chi connectivity index (χ2n) is 4.49. The van der Waals surface area contributed by atoms with Crippen LogP contribution in [-0.4, -0.2) is 15.0 Å². The Morgan fingerprint density at radius 2 is 1.43 bits per heavy atom. The van der Waals surface area contributed by atoms with Crippen molar-refractivity contribution < 1.29 is 15.0 Å². The number of hydrogen-bond acceptors (Lipinski definition) is 5. The van der Waals surface area contributed by atoms with Crippen LogP contribution in [0.4, 0.5) is 11.4 Å². The number of nitrogens with zero attached hydrogens (tertiary/aromatic N) is 2. The molecule has 0 bridgehead atoms. The summed E-state index contributed by atoms with van der Waals surface area (Å²) in [6.45, 7) is 0. The fourth-order valence-corrected chi connectivity index (χ4v) is 2.44. The van der Waals surface area contributed by atoms with Gasteiger partial charge in [0.05, 0.1) is 15.2 Å². The van der Waals surface area contributed by atoms with Gasteiger partial charge in [-0.1, -0.05) is 24.3 Å². The van der Waals surface area contributed by atoms with Gasteiger partial charge in [-0.3, -0.25) is 20.2 Å². The average molecular weight is 284 g/mol. The fourth-order valence-electron chi connectivity index (χ4n) is 2.44. The van der Waals surface area contributed by atoms with Gasteiger partial charge in [-0.25, -0.2) is 0 Å². The Bertz CT molecular complexity index is 920. The predicted molar refractivity (Wildman–Crippen MR) is 76.4 cm³/mol. The molecule has 0 unspecified atom stereocenters. The number of phenolic OH excluding ortho intramolecular Hbond substituents is 1. The molecule has 0 spiro atoms. The summed E-state index contributed by atoms with van der Waals surface area (Å²) in [5.74, 6) is -0.483. The third-order valence-electron chi connectivity index (χ3n) is 3.35. The van der Waals surface area contributed by atoms with Crippen LogP contribution >= 0.6 is 0 Å². The van der Waals surface area contributed by atoms with Crippen molar-refractivity contribution in [2.45, 2.75) is 0 Å². The van der Waals surface area contributed by atoms with Crippen LogP contribution < -0.4 is 0 Å². The molecule has 3 aromatic carbocycles. The van der Waals surface area contributed by atoms with Crippen LogP contribution in [0, 0.1) is 20.2 Å². The molecule has 21 heavy (non-hydrogen) atoms. The number of aromatic hydroxyl groups is 1. The summed E-state index contributed by atoms with van der Waals surface area (Å²) in [4.78, 5) is 20.7. The van der Waals surface area contributed by atoms with Crippen LogP contribution in [0.5, 0.6) is 5.75 Å². The summed E-state index contributed by atoms with van der Waals surface area (Å²) in [6, 6.07) is 10.5. The molecule has 0 fully saturated rings. The van der Waals surface area contributed by atoms with Crippen LogP contribution in [0.1, 0.15) is 0 Å². The van der Waals surface area contributed by atoms with Crippen molar-refractivity contribution in [3.63, 3.8) is 0 Å². The lowest BCUT2D eigenvalue weighted by Crippen LogP contribution is -1.94. The van der Waals surface area contributed by atoms with Gasteiger partial charge in [0.25, 0.3) is 5.69 Å². The zero-order valence-electron chi connectivity index (χ0n) is 10.5. The van der Waals surface area contributed by atoms with E-state index in [-0.39, 0.29) is 11.1 Å². The minimum Gasteiger partial charge on any atom is -0.502 e. The van der Waals surface area contributed by atoms with E-state index in [0.29, 0.717) is 16.2 Å². The summed E-state index contributed by atoms with van der Waals surface area (Å²) < 4.78 is 0. The van der Waals surface area contributed by atoms with Crippen LogP contribution in [0.3, 0.4) is 0 Å². The normalized spacial score (nSPS) is 10.9. The number of nitro groups is 2. The monoisotopic (exact) mass is 284 g/mol. The van der Waals surface area contributed by atoms with Gasteiger partial charge in [0, 0.05) is 17.5 Å². The first kappa shape index (κ1) is 12.8. The van der Waals surface area contributed by atoms with Gasteiger partial charge in [0.15, 0.2) is 0 Å². The highest BCUT2D eigenvalue weighted by molar-refractivity contribution is 6.15. The van der Waals surface area contributed by atoms with E-state index in [9.17, 15) is 25.3 Å². The topological polar surface area (TPSA) is 107 Å². The molecule has 0 saturated heterocycles. The second kappa shape index (κ2) is 4.41. The molecule has 7 heteroatoms. The van der Waals surface area contributed by atoms with Crippen molar-refractivity contribution >= 4 is 32.9 Å². The first-order valence-corrected chi connectivity index (χ1v) is 5.97. The quantitative estimate of drug-likeness (QED) is 0.440. The zero-order valence-corrected chi connectivity index (χ0v) is 10.5. The maximum Gasteiger partial charge on any atom is 0.319 e. The van der Waals surface area contributed by atoms with Gasteiger partial charge in [0.2, 0.25) is 5.75 Å². The first-order valence-electron chi connectivity index (χ1n) is 5.97. The Balaban J connectivity index is 2.59. The minimum atomic E-state index is -0.728. The van der Waals surface area contributed by atoms with Crippen LogP contribution in [-0.2, 0) is 0 Å². The Hall–Kier alpha value is -3.22. The van der Waals surface area contributed by atoms with Gasteiger partial charge in [0.1, 0.15) is 0 Å². The molecule has 0 amide bonds. The lowest BCUT2D eigenvalue weighted by Gasteiger charge is -2.07. The molecule has 1 N–H and O–H groups in total. The van der Waals surface area contributed by atoms with Gasteiger partial charge < -0.3 is 5.11 Å². The first-order chi connectivity index (χ1) is 10.0. The van der Waals surface area contributed by atoms with Gasteiger partial charge in [-0.05, 0) is 16.8 Å². The molecule has 0 atom stereocenters. The molecule has 0 aliphatic rings. The summed E-state index contributed by atoms with van der Waals surface area (Å²) in [7, 11) is 0. The van der Waals surface area contributed by atoms with E-state index >= 15 is 0 Å². The third-order valence-corrected chi connectivity index (χ3v) is 3.35. The highest BCUT2D eigenvalue weighted by Gasteiger charge is 2.24. The molecule has 3 aromatic rings. The summed E-state index contributed by atoms with van der Waals surface area (Å²) in [6.07, 6.45) is 0. The zero-order chi connectivity index (χ0) is 15.1. The van der Waals surface area contributed by atoms with Crippen molar-refractivity contribution in [1.29, 1.82) is 0 Å². The Morgan fingerprint density at radius 3 is 2.05 bits per heavy atom. The molecule has 3 rings (SSSR count). The van der Waals surface area contributed by atoms with E-state index in [4.69, 9.17) is 0 Å². The molecular formula is C14H8N2O5. The molecular weight excluding hydrogens is 276 g/mol. The summed E-state index contributed by atoms with van der Waals surface area (Å²) in [5, 5.41) is 33.7. The number of fused-ring (bicyclic) bond motifs is 3. The Labute approximate surface area is 117 Å². The smallest absolute Gasteiger partial charge is 0.319 e. The second-order valence-corrected chi connectivity index (χ2v) is 4.49. The minimum absolute atomic E-state index is 0.0467. The van der Waals surface area contributed by atoms with Gasteiger partial charge in [-0.2, -0.15) is 0 Å². The largest absolute Gasteiger partial charge is 0.502 e. The van der Waals surface area contributed by atoms with Crippen molar-refractivity contribution in [3.05, 3.63) is 62.7 Å². The van der Waals surface area contributed by atoms with Crippen molar-refractivity contribution in [2.24, 2.45) is 0 Å². The molecule has 104 valence electrons. The molecule has 0 saturated carbocycles. The maximum atomic E-state index is 11.2. The molecule has 0 heterocycles. The van der Waals surface area contributed by atoms with E-state index in [1.807, 2.05) is 0 Å². The number of non-ortho nitro benzene ring substituents is 1. The highest BCUT2D eigenvalue weighted by Crippen LogP contribution is 2.43. The van der Waals surface area contributed by atoms with Crippen molar-refractivity contribution in [2.75, 3.05) is 0 Å². The summed E-state index contributed by atoms with van der Waals surface area (Å²) >= 11 is 0.